The predicted molar refractivity (Wildman–Crippen MR) is 105 cm³/mol. The minimum Gasteiger partial charge on any atom is -0.448 e. The van der Waals surface area contributed by atoms with Gasteiger partial charge in [-0.05, 0) is 22.3 Å². The topological polar surface area (TPSA) is 46.6 Å². The quantitative estimate of drug-likeness (QED) is 0.735. The number of amides is 1. The fourth-order valence-electron chi connectivity index (χ4n) is 4.18. The maximum Gasteiger partial charge on any atom is 0.409 e. The summed E-state index contributed by atoms with van der Waals surface area (Å²) in [5, 5.41) is 0. The van der Waals surface area contributed by atoms with E-state index in [4.69, 9.17) is 4.74 Å². The predicted octanol–water partition coefficient (Wildman–Crippen LogP) is 4.49. The van der Waals surface area contributed by atoms with Crippen LogP contribution >= 0.6 is 0 Å². The molecular formula is C23H22FNO3. The van der Waals surface area contributed by atoms with Crippen LogP contribution < -0.4 is 0 Å². The third-order valence-corrected chi connectivity index (χ3v) is 5.61. The number of ether oxygens (including phenoxy) is 1. The van der Waals surface area contributed by atoms with Gasteiger partial charge in [0.2, 0.25) is 0 Å². The van der Waals surface area contributed by atoms with Crippen LogP contribution in [0.2, 0.25) is 0 Å². The molecule has 0 N–H and O–H groups in total. The molecule has 4 rings (SSSR count). The summed E-state index contributed by atoms with van der Waals surface area (Å²) in [5.74, 6) is -0.527. The zero-order valence-corrected chi connectivity index (χ0v) is 15.6. The Morgan fingerprint density at radius 3 is 2.39 bits per heavy atom. The second-order valence-electron chi connectivity index (χ2n) is 7.36. The Kier molecular flexibility index (Phi) is 4.75. The summed E-state index contributed by atoms with van der Waals surface area (Å²) in [4.78, 5) is 25.8. The molecule has 4 nitrogen and oxygen atoms in total. The van der Waals surface area contributed by atoms with Crippen LogP contribution in [-0.2, 0) is 9.53 Å². The molecule has 1 fully saturated rings. The Hall–Kier alpha value is -2.95. The molecule has 2 aromatic rings. The zero-order chi connectivity index (χ0) is 19.7. The molecule has 0 spiro atoms. The van der Waals surface area contributed by atoms with E-state index < -0.39 is 17.5 Å². The standard InChI is InChI=1S/C23H22FNO3/c1-2-12-23(24)15-25(13-11-21(23)26)22(27)28-14-20-18-9-5-3-7-16(18)17-8-4-6-10-19(17)20/h2-10,20H,1,11-15H2. The van der Waals surface area contributed by atoms with Gasteiger partial charge in [0.1, 0.15) is 6.61 Å². The van der Waals surface area contributed by atoms with Crippen LogP contribution in [0.3, 0.4) is 0 Å². The molecule has 28 heavy (non-hydrogen) atoms. The van der Waals surface area contributed by atoms with Crippen molar-refractivity contribution in [2.45, 2.75) is 24.4 Å². The van der Waals surface area contributed by atoms with E-state index in [2.05, 4.69) is 18.7 Å². The van der Waals surface area contributed by atoms with Gasteiger partial charge in [0.15, 0.2) is 11.5 Å². The smallest absolute Gasteiger partial charge is 0.409 e. The number of likely N-dealkylation sites (tertiary alicyclic amines) is 1. The van der Waals surface area contributed by atoms with E-state index in [1.807, 2.05) is 36.4 Å². The van der Waals surface area contributed by atoms with Crippen LogP contribution in [0.1, 0.15) is 29.9 Å². The minimum atomic E-state index is -2.06. The van der Waals surface area contributed by atoms with E-state index in [9.17, 15) is 14.0 Å². The molecule has 0 radical (unpaired) electrons. The lowest BCUT2D eigenvalue weighted by atomic mass is 9.90. The number of alkyl halides is 1. The third kappa shape index (κ3) is 3.11. The molecule has 2 aliphatic rings. The molecule has 1 amide bonds. The van der Waals surface area contributed by atoms with Gasteiger partial charge in [-0.15, -0.1) is 6.58 Å². The number of carbonyl (C=O) groups excluding carboxylic acids is 2. The summed E-state index contributed by atoms with van der Waals surface area (Å²) < 4.78 is 20.4. The summed E-state index contributed by atoms with van der Waals surface area (Å²) in [7, 11) is 0. The van der Waals surface area contributed by atoms with Gasteiger partial charge in [0, 0.05) is 25.3 Å². The number of allylic oxidation sites excluding steroid dienone is 1. The molecule has 1 heterocycles. The first-order chi connectivity index (χ1) is 13.5. The van der Waals surface area contributed by atoms with Crippen molar-refractivity contribution in [2.75, 3.05) is 19.7 Å². The van der Waals surface area contributed by atoms with Gasteiger partial charge in [0.25, 0.3) is 0 Å². The van der Waals surface area contributed by atoms with E-state index >= 15 is 0 Å². The largest absolute Gasteiger partial charge is 0.448 e. The zero-order valence-electron chi connectivity index (χ0n) is 15.6. The average Bonchev–Trinajstić information content (AvgIpc) is 3.02. The Morgan fingerprint density at radius 1 is 1.18 bits per heavy atom. The second-order valence-corrected chi connectivity index (χ2v) is 7.36. The number of halogens is 1. The summed E-state index contributed by atoms with van der Waals surface area (Å²) in [6, 6.07) is 16.2. The van der Waals surface area contributed by atoms with Gasteiger partial charge in [-0.1, -0.05) is 54.6 Å². The second kappa shape index (κ2) is 7.23. The van der Waals surface area contributed by atoms with Gasteiger partial charge < -0.3 is 9.64 Å². The molecular weight excluding hydrogens is 357 g/mol. The molecule has 1 saturated heterocycles. The molecule has 0 bridgehead atoms. The molecule has 0 aromatic heterocycles. The minimum absolute atomic E-state index is 0.00542. The van der Waals surface area contributed by atoms with Gasteiger partial charge in [0.05, 0.1) is 6.54 Å². The summed E-state index contributed by atoms with van der Waals surface area (Å²) in [6.45, 7) is 3.58. The van der Waals surface area contributed by atoms with Crippen molar-refractivity contribution in [1.82, 2.24) is 4.90 Å². The van der Waals surface area contributed by atoms with Crippen LogP contribution in [0.15, 0.2) is 61.2 Å². The highest BCUT2D eigenvalue weighted by molar-refractivity contribution is 5.90. The number of nitrogens with zero attached hydrogens (tertiary/aromatic N) is 1. The van der Waals surface area contributed by atoms with Crippen molar-refractivity contribution in [3.05, 3.63) is 72.3 Å². The van der Waals surface area contributed by atoms with Crippen LogP contribution in [-0.4, -0.2) is 42.1 Å². The summed E-state index contributed by atoms with van der Waals surface area (Å²) in [5.41, 5.74) is 2.48. The number of carbonyl (C=O) groups is 2. The number of piperidine rings is 1. The van der Waals surface area contributed by atoms with Crippen LogP contribution in [0.4, 0.5) is 9.18 Å². The normalized spacial score (nSPS) is 21.2. The van der Waals surface area contributed by atoms with E-state index in [1.165, 1.54) is 11.0 Å². The Labute approximate surface area is 163 Å². The monoisotopic (exact) mass is 379 g/mol. The number of hydrogen-bond donors (Lipinski definition) is 0. The number of Topliss-reactive ketones (excluding diaryl/α,β-unsaturated/α-hetero) is 1. The van der Waals surface area contributed by atoms with Crippen molar-refractivity contribution in [1.29, 1.82) is 0 Å². The van der Waals surface area contributed by atoms with E-state index in [1.54, 1.807) is 0 Å². The van der Waals surface area contributed by atoms with Gasteiger partial charge >= 0.3 is 6.09 Å². The average molecular weight is 379 g/mol. The maximum atomic E-state index is 14.8. The number of hydrogen-bond acceptors (Lipinski definition) is 3. The molecule has 1 aliphatic carbocycles. The van der Waals surface area contributed by atoms with Crippen LogP contribution in [0.25, 0.3) is 11.1 Å². The first kappa shape index (κ1) is 18.4. The fraction of sp³-hybridized carbons (Fsp3) is 0.304. The lowest BCUT2D eigenvalue weighted by Crippen LogP contribution is -2.53. The lowest BCUT2D eigenvalue weighted by molar-refractivity contribution is -0.135. The molecule has 1 aliphatic heterocycles. The number of benzene rings is 2. The SMILES string of the molecule is C=CCC1(F)CN(C(=O)OCC2c3ccccc3-c3ccccc32)CCC1=O. The molecule has 144 valence electrons. The molecule has 1 atom stereocenters. The number of fused-ring (bicyclic) bond motifs is 3. The first-order valence-corrected chi connectivity index (χ1v) is 9.46. The van der Waals surface area contributed by atoms with Crippen LogP contribution in [0, 0.1) is 0 Å². The van der Waals surface area contributed by atoms with E-state index in [0.717, 1.165) is 22.3 Å². The molecule has 2 aromatic carbocycles. The van der Waals surface area contributed by atoms with Crippen LogP contribution in [0.5, 0.6) is 0 Å². The molecule has 1 unspecified atom stereocenters. The van der Waals surface area contributed by atoms with Gasteiger partial charge in [-0.25, -0.2) is 9.18 Å². The van der Waals surface area contributed by atoms with E-state index in [-0.39, 0.29) is 38.5 Å². The molecule has 0 saturated carbocycles. The van der Waals surface area contributed by atoms with Crippen molar-refractivity contribution < 1.29 is 18.7 Å². The van der Waals surface area contributed by atoms with Crippen molar-refractivity contribution in [2.24, 2.45) is 0 Å². The Balaban J connectivity index is 1.48. The highest BCUT2D eigenvalue weighted by Crippen LogP contribution is 2.44. The number of rotatable bonds is 4. The highest BCUT2D eigenvalue weighted by atomic mass is 19.1. The number of ketones is 1. The summed E-state index contributed by atoms with van der Waals surface area (Å²) >= 11 is 0. The first-order valence-electron chi connectivity index (χ1n) is 9.46. The Morgan fingerprint density at radius 2 is 1.79 bits per heavy atom. The van der Waals surface area contributed by atoms with Crippen molar-refractivity contribution in [3.63, 3.8) is 0 Å². The van der Waals surface area contributed by atoms with E-state index in [0.29, 0.717) is 0 Å². The Bertz CT molecular complexity index is 895. The molecule has 5 heteroatoms. The third-order valence-electron chi connectivity index (χ3n) is 5.61. The van der Waals surface area contributed by atoms with Gasteiger partial charge in [-0.3, -0.25) is 4.79 Å². The lowest BCUT2D eigenvalue weighted by Gasteiger charge is -2.35. The van der Waals surface area contributed by atoms with Crippen molar-refractivity contribution >= 4 is 11.9 Å². The highest BCUT2D eigenvalue weighted by Gasteiger charge is 2.44. The fourth-order valence-corrected chi connectivity index (χ4v) is 4.18. The summed E-state index contributed by atoms with van der Waals surface area (Å²) in [6.07, 6.45) is 0.688. The van der Waals surface area contributed by atoms with Crippen molar-refractivity contribution in [3.8, 4) is 11.1 Å². The maximum absolute atomic E-state index is 14.8. The van der Waals surface area contributed by atoms with Gasteiger partial charge in [-0.2, -0.15) is 0 Å².